The van der Waals surface area contributed by atoms with Gasteiger partial charge in [0, 0.05) is 22.2 Å². The van der Waals surface area contributed by atoms with Crippen LogP contribution in [0.5, 0.6) is 5.75 Å². The van der Waals surface area contributed by atoms with E-state index in [1.165, 1.54) is 24.0 Å². The van der Waals surface area contributed by atoms with E-state index in [-0.39, 0.29) is 5.91 Å². The number of hydrogen-bond acceptors (Lipinski definition) is 3. The Morgan fingerprint density at radius 3 is 2.77 bits per heavy atom. The third-order valence-corrected chi connectivity index (χ3v) is 5.78. The van der Waals surface area contributed by atoms with E-state index >= 15 is 0 Å². The minimum Gasteiger partial charge on any atom is -0.481 e. The summed E-state index contributed by atoms with van der Waals surface area (Å²) in [7, 11) is 0. The van der Waals surface area contributed by atoms with Crippen LogP contribution in [0.1, 0.15) is 30.9 Å². The maximum absolute atomic E-state index is 12.3. The summed E-state index contributed by atoms with van der Waals surface area (Å²) in [6.45, 7) is 2.41. The second kappa shape index (κ2) is 9.33. The first-order valence-electron chi connectivity index (χ1n) is 9.07. The monoisotopic (exact) mass is 389 g/mol. The standard InChI is InChI=1S/C21H24ClNO2S/c1-15(25-20-8-4-6-16-5-2-3-7-19(16)20)21(24)23-13-14-26-18-11-9-17(22)10-12-18/h4,6,8-12,15H,2-3,5,7,13-14H2,1H3,(H,23,24). The first-order valence-corrected chi connectivity index (χ1v) is 10.4. The van der Waals surface area contributed by atoms with Gasteiger partial charge in [0.05, 0.1) is 0 Å². The minimum absolute atomic E-state index is 0.0740. The van der Waals surface area contributed by atoms with Gasteiger partial charge in [0.2, 0.25) is 0 Å². The van der Waals surface area contributed by atoms with Crippen LogP contribution in [-0.2, 0) is 17.6 Å². The topological polar surface area (TPSA) is 38.3 Å². The zero-order valence-electron chi connectivity index (χ0n) is 15.0. The Balaban J connectivity index is 1.45. The summed E-state index contributed by atoms with van der Waals surface area (Å²) in [5, 5.41) is 3.69. The van der Waals surface area contributed by atoms with Crippen LogP contribution in [-0.4, -0.2) is 24.3 Å². The van der Waals surface area contributed by atoms with Gasteiger partial charge in [-0.2, -0.15) is 0 Å². The molecule has 0 heterocycles. The molecule has 0 saturated carbocycles. The number of carbonyl (C=O) groups excluding carboxylic acids is 1. The number of carbonyl (C=O) groups is 1. The molecule has 0 aliphatic heterocycles. The van der Waals surface area contributed by atoms with Gasteiger partial charge in [-0.1, -0.05) is 23.7 Å². The average molecular weight is 390 g/mol. The van der Waals surface area contributed by atoms with Crippen molar-refractivity contribution >= 4 is 29.3 Å². The van der Waals surface area contributed by atoms with E-state index in [0.29, 0.717) is 6.54 Å². The molecule has 26 heavy (non-hydrogen) atoms. The van der Waals surface area contributed by atoms with E-state index < -0.39 is 6.10 Å². The van der Waals surface area contributed by atoms with Crippen LogP contribution in [0.15, 0.2) is 47.4 Å². The Bertz CT molecular complexity index is 748. The van der Waals surface area contributed by atoms with Crippen LogP contribution in [0.4, 0.5) is 0 Å². The number of aryl methyl sites for hydroxylation is 1. The Morgan fingerprint density at radius 2 is 1.96 bits per heavy atom. The molecule has 3 nitrogen and oxygen atoms in total. The van der Waals surface area contributed by atoms with Gasteiger partial charge in [-0.05, 0) is 74.1 Å². The highest BCUT2D eigenvalue weighted by atomic mass is 35.5. The fraction of sp³-hybridized carbons (Fsp3) is 0.381. The van der Waals surface area contributed by atoms with Gasteiger partial charge in [-0.25, -0.2) is 0 Å². The van der Waals surface area contributed by atoms with Crippen LogP contribution in [0.3, 0.4) is 0 Å². The number of fused-ring (bicyclic) bond motifs is 1. The molecule has 0 aromatic heterocycles. The van der Waals surface area contributed by atoms with E-state index in [1.807, 2.05) is 43.3 Å². The Hall–Kier alpha value is -1.65. The molecule has 2 aromatic rings. The van der Waals surface area contributed by atoms with Gasteiger partial charge in [0.15, 0.2) is 6.10 Å². The molecule has 0 bridgehead atoms. The summed E-state index contributed by atoms with van der Waals surface area (Å²) in [6.07, 6.45) is 4.07. The normalized spacial score (nSPS) is 14.4. The molecule has 1 aliphatic carbocycles. The molecule has 1 atom stereocenters. The molecular weight excluding hydrogens is 366 g/mol. The van der Waals surface area contributed by atoms with E-state index in [1.54, 1.807) is 11.8 Å². The first kappa shape index (κ1) is 19.1. The van der Waals surface area contributed by atoms with Gasteiger partial charge in [0.1, 0.15) is 5.75 Å². The van der Waals surface area contributed by atoms with Crippen molar-refractivity contribution in [3.8, 4) is 5.75 Å². The third kappa shape index (κ3) is 5.18. The van der Waals surface area contributed by atoms with Crippen molar-refractivity contribution < 1.29 is 9.53 Å². The molecular formula is C21H24ClNO2S. The van der Waals surface area contributed by atoms with E-state index in [4.69, 9.17) is 16.3 Å². The van der Waals surface area contributed by atoms with E-state index in [0.717, 1.165) is 34.3 Å². The molecule has 0 saturated heterocycles. The summed E-state index contributed by atoms with van der Waals surface area (Å²) < 4.78 is 5.97. The number of nitrogens with one attached hydrogen (secondary N) is 1. The maximum Gasteiger partial charge on any atom is 0.260 e. The van der Waals surface area contributed by atoms with Gasteiger partial charge in [-0.15, -0.1) is 11.8 Å². The zero-order valence-corrected chi connectivity index (χ0v) is 16.5. The Labute approximate surface area is 164 Å². The molecule has 1 unspecified atom stereocenters. The highest BCUT2D eigenvalue weighted by Crippen LogP contribution is 2.30. The van der Waals surface area contributed by atoms with Gasteiger partial charge in [-0.3, -0.25) is 4.79 Å². The van der Waals surface area contributed by atoms with Gasteiger partial charge in [0.25, 0.3) is 5.91 Å². The predicted octanol–water partition coefficient (Wildman–Crippen LogP) is 4.89. The zero-order chi connectivity index (χ0) is 18.4. The number of rotatable bonds is 7. The Morgan fingerprint density at radius 1 is 1.19 bits per heavy atom. The largest absolute Gasteiger partial charge is 0.481 e. The molecule has 2 aromatic carbocycles. The molecule has 3 rings (SSSR count). The molecule has 1 amide bonds. The van der Waals surface area contributed by atoms with Gasteiger partial charge < -0.3 is 10.1 Å². The minimum atomic E-state index is -0.496. The Kier molecular flexibility index (Phi) is 6.86. The lowest BCUT2D eigenvalue weighted by Gasteiger charge is -2.22. The summed E-state index contributed by atoms with van der Waals surface area (Å²) in [5.74, 6) is 1.59. The number of ether oxygens (including phenoxy) is 1. The highest BCUT2D eigenvalue weighted by Gasteiger charge is 2.19. The van der Waals surface area contributed by atoms with Crippen molar-refractivity contribution in [2.75, 3.05) is 12.3 Å². The summed E-state index contributed by atoms with van der Waals surface area (Å²) >= 11 is 7.57. The maximum atomic E-state index is 12.3. The van der Waals surface area contributed by atoms with Crippen LogP contribution < -0.4 is 10.1 Å². The third-order valence-electron chi connectivity index (χ3n) is 4.51. The average Bonchev–Trinajstić information content (AvgIpc) is 2.66. The van der Waals surface area contributed by atoms with Crippen molar-refractivity contribution in [3.63, 3.8) is 0 Å². The lowest BCUT2D eigenvalue weighted by molar-refractivity contribution is -0.127. The molecule has 0 spiro atoms. The summed E-state index contributed by atoms with van der Waals surface area (Å²) in [5.41, 5.74) is 2.64. The fourth-order valence-corrected chi connectivity index (χ4v) is 4.01. The van der Waals surface area contributed by atoms with Crippen LogP contribution in [0.25, 0.3) is 0 Å². The molecule has 1 aliphatic rings. The second-order valence-corrected chi connectivity index (χ2v) is 8.06. The van der Waals surface area contributed by atoms with E-state index in [9.17, 15) is 4.79 Å². The summed E-state index contributed by atoms with van der Waals surface area (Å²) in [4.78, 5) is 13.5. The molecule has 0 fully saturated rings. The second-order valence-electron chi connectivity index (χ2n) is 6.45. The van der Waals surface area contributed by atoms with Crippen molar-refractivity contribution in [2.45, 2.75) is 43.6 Å². The molecule has 0 radical (unpaired) electrons. The SMILES string of the molecule is CC(Oc1cccc2c1CCCC2)C(=O)NCCSc1ccc(Cl)cc1. The quantitative estimate of drug-likeness (QED) is 0.541. The van der Waals surface area contributed by atoms with Crippen LogP contribution in [0, 0.1) is 0 Å². The molecule has 1 N–H and O–H groups in total. The molecule has 138 valence electrons. The van der Waals surface area contributed by atoms with Crippen molar-refractivity contribution in [1.29, 1.82) is 0 Å². The smallest absolute Gasteiger partial charge is 0.260 e. The summed E-state index contributed by atoms with van der Waals surface area (Å²) in [6, 6.07) is 13.9. The number of amides is 1. The molecule has 5 heteroatoms. The highest BCUT2D eigenvalue weighted by molar-refractivity contribution is 7.99. The van der Waals surface area contributed by atoms with Crippen molar-refractivity contribution in [2.24, 2.45) is 0 Å². The number of halogens is 1. The first-order chi connectivity index (χ1) is 12.6. The van der Waals surface area contributed by atoms with Crippen LogP contribution >= 0.6 is 23.4 Å². The fourth-order valence-electron chi connectivity index (χ4n) is 3.12. The number of benzene rings is 2. The number of thioether (sulfide) groups is 1. The van der Waals surface area contributed by atoms with Crippen molar-refractivity contribution in [3.05, 3.63) is 58.6 Å². The van der Waals surface area contributed by atoms with Gasteiger partial charge >= 0.3 is 0 Å². The van der Waals surface area contributed by atoms with Crippen molar-refractivity contribution in [1.82, 2.24) is 5.32 Å². The predicted molar refractivity (Wildman–Crippen MR) is 108 cm³/mol. The lowest BCUT2D eigenvalue weighted by Crippen LogP contribution is -2.37. The lowest BCUT2D eigenvalue weighted by atomic mass is 9.91. The van der Waals surface area contributed by atoms with Crippen LogP contribution in [0.2, 0.25) is 5.02 Å². The number of hydrogen-bond donors (Lipinski definition) is 1. The van der Waals surface area contributed by atoms with E-state index in [2.05, 4.69) is 11.4 Å².